The number of rotatable bonds is 8. The molecule has 1 aliphatic heterocycles. The minimum Gasteiger partial charge on any atom is -0.463 e. The summed E-state index contributed by atoms with van der Waals surface area (Å²) < 4.78 is 33.0. The largest absolute Gasteiger partial charge is 0.463 e. The average Bonchev–Trinajstić information content (AvgIpc) is 2.66. The molecule has 29 heavy (non-hydrogen) atoms. The Kier molecular flexibility index (Phi) is 8.56. The molecule has 2 rings (SSSR count). The number of benzene rings is 1. The molecule has 0 amide bonds. The van der Waals surface area contributed by atoms with Crippen molar-refractivity contribution in [1.29, 1.82) is 0 Å². The standard InChI is InChI=1S/C20H26O9/c1-12(21)25-11-16-17(24-4)18(27-13(2)22)19(28-14(3)23)20(29-16)26-10-15-8-6-5-7-9-15/h5-9,16-20H,10-11H2,1-4H3/t16-,17-,18+,19+,20+/m1/s1. The highest BCUT2D eigenvalue weighted by Gasteiger charge is 2.51. The smallest absolute Gasteiger partial charge is 0.303 e. The van der Waals surface area contributed by atoms with Gasteiger partial charge >= 0.3 is 17.9 Å². The number of carbonyl (C=O) groups is 3. The molecule has 0 unspecified atom stereocenters. The van der Waals surface area contributed by atoms with Crippen LogP contribution in [0.4, 0.5) is 0 Å². The van der Waals surface area contributed by atoms with Crippen LogP contribution in [0, 0.1) is 0 Å². The van der Waals surface area contributed by atoms with Crippen LogP contribution in [-0.4, -0.2) is 62.3 Å². The number of carbonyl (C=O) groups excluding carboxylic acids is 3. The first-order valence-corrected chi connectivity index (χ1v) is 9.13. The quantitative estimate of drug-likeness (QED) is 0.464. The van der Waals surface area contributed by atoms with Gasteiger partial charge in [-0.05, 0) is 5.56 Å². The number of hydrogen-bond acceptors (Lipinski definition) is 9. The third-order valence-corrected chi connectivity index (χ3v) is 4.18. The molecule has 1 fully saturated rings. The van der Waals surface area contributed by atoms with Gasteiger partial charge in [-0.25, -0.2) is 0 Å². The predicted molar refractivity (Wildman–Crippen MR) is 98.4 cm³/mol. The van der Waals surface area contributed by atoms with Crippen molar-refractivity contribution in [3.63, 3.8) is 0 Å². The molecular weight excluding hydrogens is 384 g/mol. The molecule has 0 N–H and O–H groups in total. The molecule has 1 saturated heterocycles. The van der Waals surface area contributed by atoms with Crippen LogP contribution in [-0.2, 0) is 49.4 Å². The van der Waals surface area contributed by atoms with Crippen LogP contribution < -0.4 is 0 Å². The van der Waals surface area contributed by atoms with Gasteiger partial charge in [0, 0.05) is 27.9 Å². The van der Waals surface area contributed by atoms with E-state index in [-0.39, 0.29) is 13.2 Å². The first-order valence-electron chi connectivity index (χ1n) is 9.13. The Morgan fingerprint density at radius 1 is 0.897 bits per heavy atom. The molecule has 160 valence electrons. The van der Waals surface area contributed by atoms with E-state index in [2.05, 4.69) is 0 Å². The van der Waals surface area contributed by atoms with Crippen LogP contribution in [0.1, 0.15) is 26.3 Å². The molecule has 0 spiro atoms. The Morgan fingerprint density at radius 3 is 2.07 bits per heavy atom. The summed E-state index contributed by atoms with van der Waals surface area (Å²) in [6.07, 6.45) is -4.81. The van der Waals surface area contributed by atoms with Crippen molar-refractivity contribution in [2.75, 3.05) is 13.7 Å². The van der Waals surface area contributed by atoms with Gasteiger partial charge in [0.1, 0.15) is 18.8 Å². The van der Waals surface area contributed by atoms with Gasteiger partial charge in [0.25, 0.3) is 0 Å². The molecule has 5 atom stereocenters. The molecule has 0 bridgehead atoms. The van der Waals surface area contributed by atoms with Crippen molar-refractivity contribution >= 4 is 17.9 Å². The lowest BCUT2D eigenvalue weighted by Crippen LogP contribution is -2.62. The highest BCUT2D eigenvalue weighted by Crippen LogP contribution is 2.29. The van der Waals surface area contributed by atoms with Gasteiger partial charge in [0.15, 0.2) is 18.5 Å². The number of hydrogen-bond donors (Lipinski definition) is 0. The van der Waals surface area contributed by atoms with Crippen LogP contribution >= 0.6 is 0 Å². The Labute approximate surface area is 169 Å². The second-order valence-electron chi connectivity index (χ2n) is 6.49. The van der Waals surface area contributed by atoms with Gasteiger partial charge in [-0.1, -0.05) is 30.3 Å². The molecule has 0 saturated carbocycles. The van der Waals surface area contributed by atoms with Gasteiger partial charge in [0.05, 0.1) is 6.61 Å². The molecule has 0 aromatic heterocycles. The van der Waals surface area contributed by atoms with Gasteiger partial charge in [-0.2, -0.15) is 0 Å². The zero-order valence-electron chi connectivity index (χ0n) is 16.9. The SMILES string of the molecule is CO[C@H]1[C@H](OC(C)=O)[C@H](OC(C)=O)[C@@H](OCc2ccccc2)O[C@@H]1COC(C)=O. The maximum Gasteiger partial charge on any atom is 0.303 e. The molecule has 1 aromatic rings. The van der Waals surface area contributed by atoms with E-state index >= 15 is 0 Å². The fourth-order valence-electron chi connectivity index (χ4n) is 3.03. The predicted octanol–water partition coefficient (Wildman–Crippen LogP) is 1.37. The molecular formula is C20H26O9. The van der Waals surface area contributed by atoms with E-state index in [0.29, 0.717) is 0 Å². The number of ether oxygens (including phenoxy) is 6. The Balaban J connectivity index is 2.27. The van der Waals surface area contributed by atoms with Crippen LogP contribution in [0.2, 0.25) is 0 Å². The fraction of sp³-hybridized carbons (Fsp3) is 0.550. The minimum atomic E-state index is -1.07. The summed E-state index contributed by atoms with van der Waals surface area (Å²) >= 11 is 0. The molecule has 1 aromatic carbocycles. The highest BCUT2D eigenvalue weighted by molar-refractivity contribution is 5.67. The van der Waals surface area contributed by atoms with Gasteiger partial charge in [-0.3, -0.25) is 14.4 Å². The summed E-state index contributed by atoms with van der Waals surface area (Å²) in [7, 11) is 1.39. The fourth-order valence-corrected chi connectivity index (χ4v) is 3.03. The molecule has 0 aliphatic carbocycles. The van der Waals surface area contributed by atoms with Crippen molar-refractivity contribution in [3.8, 4) is 0 Å². The Bertz CT molecular complexity index is 690. The first kappa shape index (κ1) is 22.8. The van der Waals surface area contributed by atoms with Crippen LogP contribution in [0.15, 0.2) is 30.3 Å². The number of esters is 3. The minimum absolute atomic E-state index is 0.149. The summed E-state index contributed by atoms with van der Waals surface area (Å²) in [5.41, 5.74) is 0.868. The normalized spacial score (nSPS) is 26.4. The Morgan fingerprint density at radius 2 is 1.52 bits per heavy atom. The van der Waals surface area contributed by atoms with Gasteiger partial charge in [0.2, 0.25) is 0 Å². The van der Waals surface area contributed by atoms with Crippen molar-refractivity contribution in [2.24, 2.45) is 0 Å². The summed E-state index contributed by atoms with van der Waals surface area (Å²) in [5, 5.41) is 0. The van der Waals surface area contributed by atoms with Gasteiger partial charge < -0.3 is 28.4 Å². The average molecular weight is 410 g/mol. The van der Waals surface area contributed by atoms with E-state index in [9.17, 15) is 14.4 Å². The van der Waals surface area contributed by atoms with Crippen LogP contribution in [0.3, 0.4) is 0 Å². The van der Waals surface area contributed by atoms with E-state index < -0.39 is 48.6 Å². The van der Waals surface area contributed by atoms with Crippen molar-refractivity contribution in [1.82, 2.24) is 0 Å². The van der Waals surface area contributed by atoms with E-state index in [0.717, 1.165) is 5.56 Å². The van der Waals surface area contributed by atoms with Crippen molar-refractivity contribution in [3.05, 3.63) is 35.9 Å². The molecule has 1 heterocycles. The second-order valence-corrected chi connectivity index (χ2v) is 6.49. The molecule has 9 nitrogen and oxygen atoms in total. The molecule has 0 radical (unpaired) electrons. The lowest BCUT2D eigenvalue weighted by molar-refractivity contribution is -0.312. The van der Waals surface area contributed by atoms with Crippen LogP contribution in [0.25, 0.3) is 0 Å². The zero-order valence-corrected chi connectivity index (χ0v) is 16.9. The zero-order chi connectivity index (χ0) is 21.4. The van der Waals surface area contributed by atoms with E-state index in [1.54, 1.807) is 0 Å². The maximum absolute atomic E-state index is 11.7. The van der Waals surface area contributed by atoms with Gasteiger partial charge in [-0.15, -0.1) is 0 Å². The van der Waals surface area contributed by atoms with Crippen molar-refractivity contribution in [2.45, 2.75) is 58.1 Å². The summed E-state index contributed by atoms with van der Waals surface area (Å²) in [5.74, 6) is -1.70. The molecule has 1 aliphatic rings. The topological polar surface area (TPSA) is 107 Å². The summed E-state index contributed by atoms with van der Waals surface area (Å²) in [4.78, 5) is 34.6. The van der Waals surface area contributed by atoms with E-state index in [1.165, 1.54) is 27.9 Å². The van der Waals surface area contributed by atoms with Crippen molar-refractivity contribution < 1.29 is 42.8 Å². The number of methoxy groups -OCH3 is 1. The maximum atomic E-state index is 11.7. The summed E-state index contributed by atoms with van der Waals surface area (Å²) in [6, 6.07) is 9.31. The lowest BCUT2D eigenvalue weighted by Gasteiger charge is -2.44. The summed E-state index contributed by atoms with van der Waals surface area (Å²) in [6.45, 7) is 3.73. The van der Waals surface area contributed by atoms with E-state index in [1.807, 2.05) is 30.3 Å². The Hall–Kier alpha value is -2.49. The third-order valence-electron chi connectivity index (χ3n) is 4.18. The highest BCUT2D eigenvalue weighted by atomic mass is 16.7. The molecule has 9 heteroatoms. The monoisotopic (exact) mass is 410 g/mol. The lowest BCUT2D eigenvalue weighted by atomic mass is 9.98. The second kappa shape index (κ2) is 10.9. The van der Waals surface area contributed by atoms with Crippen LogP contribution in [0.5, 0.6) is 0 Å². The first-order chi connectivity index (χ1) is 13.8. The van der Waals surface area contributed by atoms with E-state index in [4.69, 9.17) is 28.4 Å². The third kappa shape index (κ3) is 6.81.